The van der Waals surface area contributed by atoms with Crippen molar-refractivity contribution in [2.45, 2.75) is 74.8 Å². The molecule has 8 nitrogen and oxygen atoms in total. The van der Waals surface area contributed by atoms with Crippen molar-refractivity contribution in [1.29, 1.82) is 0 Å². The predicted molar refractivity (Wildman–Crippen MR) is 170 cm³/mol. The highest BCUT2D eigenvalue weighted by Gasteiger charge is 2.77. The van der Waals surface area contributed by atoms with Gasteiger partial charge in [0.25, 0.3) is 5.91 Å². The first-order valence-electron chi connectivity index (χ1n) is 15.4. The van der Waals surface area contributed by atoms with E-state index in [0.29, 0.717) is 38.8 Å². The maximum atomic E-state index is 14.7. The number of hydrogen-bond acceptors (Lipinski definition) is 7. The average molecular weight is 598 g/mol. The molecule has 0 saturated carbocycles. The third-order valence-corrected chi connectivity index (χ3v) is 11.2. The summed E-state index contributed by atoms with van der Waals surface area (Å²) in [5.74, 6) is -1.86. The largest absolute Gasteiger partial charge is 0.465 e. The number of esters is 1. The maximum Gasteiger partial charge on any atom is 0.311 e. The van der Waals surface area contributed by atoms with Gasteiger partial charge in [-0.25, -0.2) is 0 Å². The molecule has 9 heteroatoms. The molecule has 0 aromatic heterocycles. The molecule has 3 aliphatic heterocycles. The van der Waals surface area contributed by atoms with E-state index in [-0.39, 0.29) is 31.0 Å². The van der Waals surface area contributed by atoms with Gasteiger partial charge in [0, 0.05) is 48.9 Å². The van der Waals surface area contributed by atoms with Gasteiger partial charge < -0.3 is 24.5 Å². The number of anilines is 2. The number of benzene rings is 1. The molecule has 2 amide bonds. The van der Waals surface area contributed by atoms with Crippen molar-refractivity contribution in [2.24, 2.45) is 11.8 Å². The highest BCUT2D eigenvalue weighted by atomic mass is 32.2. The Morgan fingerprint density at radius 3 is 2.40 bits per heavy atom. The topological polar surface area (TPSA) is 90.4 Å². The number of nitrogens with zero attached hydrogens (tertiary/aromatic N) is 3. The predicted octanol–water partition coefficient (Wildman–Crippen LogP) is 4.82. The van der Waals surface area contributed by atoms with Crippen molar-refractivity contribution in [2.75, 3.05) is 49.2 Å². The molecule has 3 fully saturated rings. The summed E-state index contributed by atoms with van der Waals surface area (Å²) in [7, 11) is 0. The number of carbonyl (C=O) groups excluding carboxylic acids is 3. The van der Waals surface area contributed by atoms with Crippen molar-refractivity contribution in [1.82, 2.24) is 4.90 Å². The van der Waals surface area contributed by atoms with E-state index in [1.165, 1.54) is 0 Å². The second-order valence-electron chi connectivity index (χ2n) is 11.7. The van der Waals surface area contributed by atoms with Gasteiger partial charge in [-0.2, -0.15) is 0 Å². The summed E-state index contributed by atoms with van der Waals surface area (Å²) < 4.78 is 4.53. The Bertz CT molecular complexity index is 1150. The number of thioether (sulfide) groups is 1. The molecule has 3 saturated heterocycles. The van der Waals surface area contributed by atoms with Crippen LogP contribution in [0.25, 0.3) is 0 Å². The molecule has 42 heavy (non-hydrogen) atoms. The summed E-state index contributed by atoms with van der Waals surface area (Å²) in [5.41, 5.74) is 1.84. The molecule has 0 radical (unpaired) electrons. The number of allylic oxidation sites excluding steroid dienone is 1. The molecular formula is C33H47N3O5S. The number of fused-ring (bicyclic) bond motifs is 1. The summed E-state index contributed by atoms with van der Waals surface area (Å²) >= 11 is 1.65. The van der Waals surface area contributed by atoms with E-state index in [9.17, 15) is 19.5 Å². The number of carbonyl (C=O) groups is 3. The Labute approximate surface area is 255 Å². The number of ether oxygens (including phenoxy) is 1. The SMILES string of the molecule is C=CCCCOC(=O)[C@H]1[C@H]2C(=O)N(CCCCO)C(C(=O)N(CC=C)c3ccc(N(CC)CC)cc3)C23CC[C@]1(C)S3. The lowest BCUT2D eigenvalue weighted by Crippen LogP contribution is -2.55. The van der Waals surface area contributed by atoms with Crippen LogP contribution in [-0.2, 0) is 19.1 Å². The Kier molecular flexibility index (Phi) is 10.5. The fraction of sp³-hybridized carbons (Fsp3) is 0.606. The van der Waals surface area contributed by atoms with Gasteiger partial charge in [0.2, 0.25) is 5.91 Å². The zero-order valence-corrected chi connectivity index (χ0v) is 26.2. The summed E-state index contributed by atoms with van der Waals surface area (Å²) in [6.45, 7) is 16.7. The Balaban J connectivity index is 1.70. The molecule has 2 unspecified atom stereocenters. The Morgan fingerprint density at radius 2 is 1.79 bits per heavy atom. The minimum atomic E-state index is -0.721. The highest BCUT2D eigenvalue weighted by molar-refractivity contribution is 8.02. The molecule has 0 aliphatic carbocycles. The minimum Gasteiger partial charge on any atom is -0.465 e. The molecule has 2 bridgehead atoms. The minimum absolute atomic E-state index is 0.0170. The number of likely N-dealkylation sites (tertiary alicyclic amines) is 1. The summed E-state index contributed by atoms with van der Waals surface area (Å²) in [4.78, 5) is 48.2. The fourth-order valence-electron chi connectivity index (χ4n) is 7.22. The number of unbranched alkanes of at least 4 members (excludes halogenated alkanes) is 2. The van der Waals surface area contributed by atoms with Crippen molar-refractivity contribution in [3.8, 4) is 0 Å². The van der Waals surface area contributed by atoms with Crippen LogP contribution in [0.5, 0.6) is 0 Å². The summed E-state index contributed by atoms with van der Waals surface area (Å²) in [6.07, 6.45) is 7.47. The third-order valence-electron chi connectivity index (χ3n) is 9.24. The van der Waals surface area contributed by atoms with E-state index in [2.05, 4.69) is 38.8 Å². The van der Waals surface area contributed by atoms with E-state index in [1.807, 2.05) is 24.3 Å². The van der Waals surface area contributed by atoms with E-state index in [4.69, 9.17) is 4.74 Å². The monoisotopic (exact) mass is 597 g/mol. The number of amides is 2. The second kappa shape index (κ2) is 13.7. The van der Waals surface area contributed by atoms with Gasteiger partial charge in [0.15, 0.2) is 0 Å². The molecule has 4 rings (SSSR count). The van der Waals surface area contributed by atoms with Crippen LogP contribution in [0, 0.1) is 11.8 Å². The average Bonchev–Trinajstić information content (AvgIpc) is 3.55. The highest BCUT2D eigenvalue weighted by Crippen LogP contribution is 2.71. The Hall–Kier alpha value is -2.78. The molecule has 1 N–H and O–H groups in total. The van der Waals surface area contributed by atoms with E-state index >= 15 is 0 Å². The molecule has 1 spiro atoms. The van der Waals surface area contributed by atoms with Gasteiger partial charge in [0.05, 0.1) is 23.2 Å². The molecule has 5 atom stereocenters. The van der Waals surface area contributed by atoms with E-state index in [1.54, 1.807) is 33.7 Å². The summed E-state index contributed by atoms with van der Waals surface area (Å²) in [6, 6.07) is 7.26. The van der Waals surface area contributed by atoms with Gasteiger partial charge in [-0.1, -0.05) is 12.2 Å². The third kappa shape index (κ3) is 5.74. The normalized spacial score (nSPS) is 27.6. The van der Waals surface area contributed by atoms with Crippen LogP contribution in [0.1, 0.15) is 59.3 Å². The van der Waals surface area contributed by atoms with Gasteiger partial charge in [0.1, 0.15) is 6.04 Å². The zero-order valence-electron chi connectivity index (χ0n) is 25.4. The molecule has 230 valence electrons. The van der Waals surface area contributed by atoms with Crippen molar-refractivity contribution >= 4 is 40.9 Å². The van der Waals surface area contributed by atoms with Crippen LogP contribution >= 0.6 is 11.8 Å². The first-order chi connectivity index (χ1) is 20.2. The van der Waals surface area contributed by atoms with E-state index < -0.39 is 27.4 Å². The fourth-order valence-corrected chi connectivity index (χ4v) is 9.56. The van der Waals surface area contributed by atoms with E-state index in [0.717, 1.165) is 37.3 Å². The zero-order chi connectivity index (χ0) is 30.5. The van der Waals surface area contributed by atoms with Gasteiger partial charge in [-0.05, 0) is 83.6 Å². The van der Waals surface area contributed by atoms with Crippen LogP contribution in [0.2, 0.25) is 0 Å². The van der Waals surface area contributed by atoms with Crippen LogP contribution in [-0.4, -0.2) is 82.7 Å². The lowest BCUT2D eigenvalue weighted by Gasteiger charge is -2.37. The van der Waals surface area contributed by atoms with Gasteiger partial charge in [-0.3, -0.25) is 14.4 Å². The van der Waals surface area contributed by atoms with Crippen LogP contribution in [0.15, 0.2) is 49.6 Å². The lowest BCUT2D eigenvalue weighted by atomic mass is 9.66. The molecule has 1 aromatic rings. The molecule has 3 aliphatic rings. The molecule has 1 aromatic carbocycles. The van der Waals surface area contributed by atoms with Gasteiger partial charge in [-0.15, -0.1) is 24.9 Å². The van der Waals surface area contributed by atoms with Crippen LogP contribution in [0.3, 0.4) is 0 Å². The Morgan fingerprint density at radius 1 is 1.10 bits per heavy atom. The van der Waals surface area contributed by atoms with Crippen molar-refractivity contribution in [3.63, 3.8) is 0 Å². The number of hydrogen-bond donors (Lipinski definition) is 1. The first kappa shape index (κ1) is 32.1. The smallest absolute Gasteiger partial charge is 0.311 e. The standard InChI is InChI=1S/C33H47N3O5S/c1-6-10-13-23-41-31(40)27-26-29(38)36(21-11-12-22-37)28(33(26)19-18-32(27,5)42-33)30(39)35(20-7-2)25-16-14-24(15-17-25)34(8-3)9-4/h6-7,14-17,26-28,37H,1-2,8-13,18-23H2,3-5H3/t26-,27+,28?,32-,33?/m0/s1. The summed E-state index contributed by atoms with van der Waals surface area (Å²) in [5, 5.41) is 9.45. The van der Waals surface area contributed by atoms with Gasteiger partial charge >= 0.3 is 5.97 Å². The van der Waals surface area contributed by atoms with Crippen molar-refractivity contribution in [3.05, 3.63) is 49.6 Å². The number of aliphatic hydroxyl groups is 1. The lowest BCUT2D eigenvalue weighted by molar-refractivity contribution is -0.155. The van der Waals surface area contributed by atoms with Crippen molar-refractivity contribution < 1.29 is 24.2 Å². The quantitative estimate of drug-likeness (QED) is 0.166. The number of aliphatic hydroxyl groups excluding tert-OH is 1. The molecular weight excluding hydrogens is 550 g/mol. The first-order valence-corrected chi connectivity index (χ1v) is 16.2. The second-order valence-corrected chi connectivity index (χ2v) is 13.6. The van der Waals surface area contributed by atoms with Crippen LogP contribution < -0.4 is 9.80 Å². The maximum absolute atomic E-state index is 14.7. The number of rotatable bonds is 16. The molecule has 3 heterocycles. The van der Waals surface area contributed by atoms with Crippen LogP contribution in [0.4, 0.5) is 11.4 Å².